The van der Waals surface area contributed by atoms with Gasteiger partial charge in [-0.25, -0.2) is 4.79 Å². The Bertz CT molecular complexity index is 416. The van der Waals surface area contributed by atoms with Crippen molar-refractivity contribution in [3.05, 3.63) is 49.0 Å². The summed E-state index contributed by atoms with van der Waals surface area (Å²) < 4.78 is 10.8. The summed E-state index contributed by atoms with van der Waals surface area (Å²) in [5, 5.41) is 5.63. The van der Waals surface area contributed by atoms with Crippen LogP contribution in [0.2, 0.25) is 0 Å². The van der Waals surface area contributed by atoms with E-state index in [2.05, 4.69) is 36.9 Å². The van der Waals surface area contributed by atoms with Crippen molar-refractivity contribution in [1.82, 2.24) is 10.6 Å². The Labute approximate surface area is 146 Å². The van der Waals surface area contributed by atoms with Crippen molar-refractivity contribution in [2.45, 2.75) is 39.5 Å². The predicted octanol–water partition coefficient (Wildman–Crippen LogP) is 4.06. The van der Waals surface area contributed by atoms with Crippen LogP contribution in [0.1, 0.15) is 39.5 Å². The molecule has 0 aromatic heterocycles. The summed E-state index contributed by atoms with van der Waals surface area (Å²) in [6.45, 7) is 21.1. The van der Waals surface area contributed by atoms with Gasteiger partial charge in [0.1, 0.15) is 11.5 Å². The van der Waals surface area contributed by atoms with Crippen molar-refractivity contribution in [3.63, 3.8) is 0 Å². The highest BCUT2D eigenvalue weighted by Gasteiger charge is 2.00. The maximum atomic E-state index is 11.6. The third-order valence-electron chi connectivity index (χ3n) is 3.22. The first-order valence-corrected chi connectivity index (χ1v) is 8.31. The summed E-state index contributed by atoms with van der Waals surface area (Å²) in [6, 6.07) is -0.144. The van der Waals surface area contributed by atoms with E-state index in [1.54, 1.807) is 0 Å². The van der Waals surface area contributed by atoms with Crippen molar-refractivity contribution in [2.24, 2.45) is 0 Å². The average Bonchev–Trinajstić information content (AvgIpc) is 2.53. The molecule has 2 N–H and O–H groups in total. The van der Waals surface area contributed by atoms with Gasteiger partial charge in [0.15, 0.2) is 0 Å². The van der Waals surface area contributed by atoms with E-state index in [1.807, 2.05) is 13.8 Å². The third-order valence-corrected chi connectivity index (χ3v) is 3.22. The van der Waals surface area contributed by atoms with Gasteiger partial charge in [0, 0.05) is 13.1 Å². The normalized spacial score (nSPS) is 9.75. The Morgan fingerprint density at radius 1 is 0.750 bits per heavy atom. The highest BCUT2D eigenvalue weighted by Crippen LogP contribution is 2.06. The van der Waals surface area contributed by atoms with E-state index in [0.717, 1.165) is 36.8 Å². The Hall–Kier alpha value is -2.17. The molecule has 0 fully saturated rings. The number of allylic oxidation sites excluding steroid dienone is 2. The molecule has 0 aromatic rings. The molecule has 0 rings (SSSR count). The summed E-state index contributed by atoms with van der Waals surface area (Å²) in [6.07, 6.45) is 3.43. The second-order valence-corrected chi connectivity index (χ2v) is 5.70. The lowest BCUT2D eigenvalue weighted by molar-refractivity contribution is 0.212. The molecule has 24 heavy (non-hydrogen) atoms. The highest BCUT2D eigenvalue weighted by molar-refractivity contribution is 5.73. The van der Waals surface area contributed by atoms with Gasteiger partial charge in [0.25, 0.3) is 0 Å². The van der Waals surface area contributed by atoms with Crippen LogP contribution in [0.3, 0.4) is 0 Å². The number of nitrogens with one attached hydrogen (secondary N) is 2. The van der Waals surface area contributed by atoms with Crippen LogP contribution in [0, 0.1) is 0 Å². The van der Waals surface area contributed by atoms with Crippen LogP contribution in [-0.2, 0) is 9.47 Å². The first-order valence-electron chi connectivity index (χ1n) is 8.31. The molecule has 5 heteroatoms. The van der Waals surface area contributed by atoms with Gasteiger partial charge in [-0.2, -0.15) is 0 Å². The minimum Gasteiger partial charge on any atom is -0.494 e. The monoisotopic (exact) mass is 336 g/mol. The van der Waals surface area contributed by atoms with E-state index in [-0.39, 0.29) is 6.03 Å². The topological polar surface area (TPSA) is 59.6 Å². The molecule has 0 aliphatic heterocycles. The minimum absolute atomic E-state index is 0.144. The fourth-order valence-corrected chi connectivity index (χ4v) is 1.56. The number of carbonyl (C=O) groups excluding carboxylic acids is 1. The van der Waals surface area contributed by atoms with E-state index < -0.39 is 0 Å². The molecule has 0 saturated heterocycles. The van der Waals surface area contributed by atoms with Crippen molar-refractivity contribution in [2.75, 3.05) is 26.3 Å². The van der Waals surface area contributed by atoms with Crippen LogP contribution >= 0.6 is 0 Å². The van der Waals surface area contributed by atoms with Gasteiger partial charge in [0.2, 0.25) is 0 Å². The summed E-state index contributed by atoms with van der Waals surface area (Å²) in [7, 11) is 0. The molecule has 0 atom stereocenters. The Balaban J connectivity index is 3.41. The smallest absolute Gasteiger partial charge is 0.314 e. The molecule has 0 aliphatic rings. The number of amides is 2. The standard InChI is InChI=1S/C19H32N2O3/c1-15(2)17(5)23-13-9-7-11-20-19(22)21-12-8-10-14-24-18(6)16(3)4/h1,3,5-14H2,2,4H3,(H2,20,21,22). The van der Waals surface area contributed by atoms with E-state index in [0.29, 0.717) is 37.8 Å². The lowest BCUT2D eigenvalue weighted by Crippen LogP contribution is -2.36. The molecule has 5 nitrogen and oxygen atoms in total. The zero-order chi connectivity index (χ0) is 18.4. The highest BCUT2D eigenvalue weighted by atomic mass is 16.5. The third kappa shape index (κ3) is 12.4. The van der Waals surface area contributed by atoms with Gasteiger partial charge in [-0.15, -0.1) is 0 Å². The number of rotatable bonds is 14. The summed E-state index contributed by atoms with van der Waals surface area (Å²) in [5.74, 6) is 1.24. The molecule has 0 aromatic carbocycles. The first kappa shape index (κ1) is 21.8. The summed E-state index contributed by atoms with van der Waals surface area (Å²) >= 11 is 0. The summed E-state index contributed by atoms with van der Waals surface area (Å²) in [4.78, 5) is 11.6. The van der Waals surface area contributed by atoms with Gasteiger partial charge in [-0.3, -0.25) is 0 Å². The number of hydrogen-bond acceptors (Lipinski definition) is 3. The minimum atomic E-state index is -0.144. The average molecular weight is 336 g/mol. The second-order valence-electron chi connectivity index (χ2n) is 5.70. The molecule has 2 amide bonds. The van der Waals surface area contributed by atoms with Crippen molar-refractivity contribution < 1.29 is 14.3 Å². The van der Waals surface area contributed by atoms with E-state index >= 15 is 0 Å². The van der Waals surface area contributed by atoms with Gasteiger partial charge in [0.05, 0.1) is 13.2 Å². The maximum Gasteiger partial charge on any atom is 0.314 e. The zero-order valence-electron chi connectivity index (χ0n) is 15.2. The molecule has 0 unspecified atom stereocenters. The fourth-order valence-electron chi connectivity index (χ4n) is 1.56. The quantitative estimate of drug-likeness (QED) is 0.286. The molecule has 0 aliphatic carbocycles. The van der Waals surface area contributed by atoms with Crippen LogP contribution < -0.4 is 10.6 Å². The number of unbranched alkanes of at least 4 members (excludes halogenated alkanes) is 2. The molecule has 136 valence electrons. The molecule has 0 saturated carbocycles. The van der Waals surface area contributed by atoms with E-state index in [9.17, 15) is 4.79 Å². The van der Waals surface area contributed by atoms with Gasteiger partial charge in [-0.05, 0) is 50.7 Å². The van der Waals surface area contributed by atoms with Crippen LogP contribution in [0.25, 0.3) is 0 Å². The van der Waals surface area contributed by atoms with Crippen molar-refractivity contribution >= 4 is 6.03 Å². The molecule has 0 spiro atoms. The number of urea groups is 1. The molecule has 0 bridgehead atoms. The number of carbonyl (C=O) groups is 1. The van der Waals surface area contributed by atoms with Crippen molar-refractivity contribution in [1.29, 1.82) is 0 Å². The Morgan fingerprint density at radius 2 is 1.12 bits per heavy atom. The van der Waals surface area contributed by atoms with Crippen LogP contribution in [0.5, 0.6) is 0 Å². The van der Waals surface area contributed by atoms with E-state index in [4.69, 9.17) is 9.47 Å². The lowest BCUT2D eigenvalue weighted by atomic mass is 10.3. The number of ether oxygens (including phenoxy) is 2. The molecular formula is C19H32N2O3. The molecular weight excluding hydrogens is 304 g/mol. The number of hydrogen-bond donors (Lipinski definition) is 2. The van der Waals surface area contributed by atoms with E-state index in [1.165, 1.54) is 0 Å². The SMILES string of the molecule is C=C(C)C(=C)OCCCCNC(=O)NCCCCOC(=C)C(=C)C. The maximum absolute atomic E-state index is 11.6. The van der Waals surface area contributed by atoms with Crippen LogP contribution in [-0.4, -0.2) is 32.3 Å². The van der Waals surface area contributed by atoms with Gasteiger partial charge < -0.3 is 20.1 Å². The lowest BCUT2D eigenvalue weighted by Gasteiger charge is -2.10. The van der Waals surface area contributed by atoms with Crippen molar-refractivity contribution in [3.8, 4) is 0 Å². The molecule has 0 radical (unpaired) electrons. The fraction of sp³-hybridized carbons (Fsp3) is 0.526. The van der Waals surface area contributed by atoms with Crippen LogP contribution in [0.4, 0.5) is 4.79 Å². The zero-order valence-corrected chi connectivity index (χ0v) is 15.2. The van der Waals surface area contributed by atoms with Gasteiger partial charge in [-0.1, -0.05) is 26.3 Å². The van der Waals surface area contributed by atoms with Crippen LogP contribution in [0.15, 0.2) is 49.0 Å². The summed E-state index contributed by atoms with van der Waals surface area (Å²) in [5.41, 5.74) is 1.67. The molecule has 0 heterocycles. The second kappa shape index (κ2) is 13.3. The Kier molecular flexibility index (Phi) is 12.1. The Morgan fingerprint density at radius 3 is 1.46 bits per heavy atom. The first-order chi connectivity index (χ1) is 11.3. The predicted molar refractivity (Wildman–Crippen MR) is 99.7 cm³/mol. The largest absolute Gasteiger partial charge is 0.494 e. The van der Waals surface area contributed by atoms with Gasteiger partial charge >= 0.3 is 6.03 Å².